The van der Waals surface area contributed by atoms with Crippen molar-refractivity contribution in [1.29, 1.82) is 5.26 Å². The van der Waals surface area contributed by atoms with E-state index in [-0.39, 0.29) is 10.6 Å². The molecule has 1 aromatic heterocycles. The Bertz CT molecular complexity index is 693. The van der Waals surface area contributed by atoms with Crippen LogP contribution in [0.25, 0.3) is 0 Å². The molecule has 0 atom stereocenters. The number of anilines is 2. The Balaban J connectivity index is 2.39. The molecule has 5 nitrogen and oxygen atoms in total. The molecule has 0 bridgehead atoms. The van der Waals surface area contributed by atoms with Gasteiger partial charge in [-0.05, 0) is 30.3 Å². The molecule has 1 N–H and O–H groups in total. The molecule has 0 fully saturated rings. The highest BCUT2D eigenvalue weighted by Crippen LogP contribution is 2.30. The summed E-state index contributed by atoms with van der Waals surface area (Å²) < 4.78 is 0. The molecule has 0 aliphatic carbocycles. The van der Waals surface area contributed by atoms with Gasteiger partial charge < -0.3 is 10.0 Å². The third-order valence-corrected chi connectivity index (χ3v) is 3.18. The number of hydrogen-bond donors (Lipinski definition) is 1. The van der Waals surface area contributed by atoms with Crippen LogP contribution in [0.4, 0.5) is 11.5 Å². The van der Waals surface area contributed by atoms with Crippen molar-refractivity contribution in [2.24, 2.45) is 0 Å². The van der Waals surface area contributed by atoms with E-state index in [2.05, 4.69) is 4.98 Å². The Kier molecular flexibility index (Phi) is 3.87. The quantitative estimate of drug-likeness (QED) is 0.938. The van der Waals surface area contributed by atoms with E-state index >= 15 is 0 Å². The summed E-state index contributed by atoms with van der Waals surface area (Å²) in [6, 6.07) is 9.82. The summed E-state index contributed by atoms with van der Waals surface area (Å²) in [7, 11) is 1.74. The predicted octanol–water partition coefficient (Wildman–Crippen LogP) is 3.07. The van der Waals surface area contributed by atoms with Crippen LogP contribution in [0.2, 0.25) is 5.02 Å². The van der Waals surface area contributed by atoms with Gasteiger partial charge in [-0.25, -0.2) is 9.78 Å². The molecule has 6 heteroatoms. The first-order chi connectivity index (χ1) is 9.54. The molecule has 0 spiro atoms. The zero-order valence-corrected chi connectivity index (χ0v) is 11.3. The molecule has 1 aromatic carbocycles. The van der Waals surface area contributed by atoms with Crippen LogP contribution in [0.5, 0.6) is 0 Å². The minimum absolute atomic E-state index is 0.201. The normalized spacial score (nSPS) is 9.85. The summed E-state index contributed by atoms with van der Waals surface area (Å²) in [6.07, 6.45) is 1.50. The standard InChI is InChI=1S/C14H10ClN3O2/c1-18(11-4-2-9(3-5-11)14(19)20)13-12(15)10(8-16)6-7-17-13/h2-7H,1H3,(H,19,20). The molecule has 0 saturated carbocycles. The van der Waals surface area contributed by atoms with Crippen molar-refractivity contribution in [3.05, 3.63) is 52.7 Å². The molecule has 0 aliphatic rings. The third-order valence-electron chi connectivity index (χ3n) is 2.81. The van der Waals surface area contributed by atoms with Gasteiger partial charge in [0.25, 0.3) is 0 Å². The predicted molar refractivity (Wildman–Crippen MR) is 75.4 cm³/mol. The first-order valence-corrected chi connectivity index (χ1v) is 6.04. The summed E-state index contributed by atoms with van der Waals surface area (Å²) in [4.78, 5) is 16.6. The van der Waals surface area contributed by atoms with Crippen molar-refractivity contribution in [1.82, 2.24) is 4.98 Å². The number of nitriles is 1. The Hall–Kier alpha value is -2.58. The molecule has 1 heterocycles. The minimum Gasteiger partial charge on any atom is -0.478 e. The van der Waals surface area contributed by atoms with Gasteiger partial charge in [0.2, 0.25) is 0 Å². The number of aromatic carboxylic acids is 1. The van der Waals surface area contributed by atoms with Crippen LogP contribution in [0.15, 0.2) is 36.5 Å². The van der Waals surface area contributed by atoms with Gasteiger partial charge >= 0.3 is 5.97 Å². The van der Waals surface area contributed by atoms with Gasteiger partial charge in [-0.1, -0.05) is 11.6 Å². The average Bonchev–Trinajstić information content (AvgIpc) is 2.47. The Morgan fingerprint density at radius 3 is 2.55 bits per heavy atom. The number of carbonyl (C=O) groups is 1. The molecule has 100 valence electrons. The Morgan fingerprint density at radius 2 is 2.00 bits per heavy atom. The summed E-state index contributed by atoms with van der Waals surface area (Å²) in [5.41, 5.74) is 1.26. The Morgan fingerprint density at radius 1 is 1.35 bits per heavy atom. The van der Waals surface area contributed by atoms with Gasteiger partial charge in [-0.15, -0.1) is 0 Å². The van der Waals surface area contributed by atoms with Crippen molar-refractivity contribution in [3.8, 4) is 6.07 Å². The molecule has 0 amide bonds. The molecule has 0 saturated heterocycles. The van der Waals surface area contributed by atoms with E-state index in [0.717, 1.165) is 5.69 Å². The molecular weight excluding hydrogens is 278 g/mol. The maximum atomic E-state index is 10.8. The number of halogens is 1. The fourth-order valence-electron chi connectivity index (χ4n) is 1.70. The van der Waals surface area contributed by atoms with Crippen molar-refractivity contribution in [2.75, 3.05) is 11.9 Å². The van der Waals surface area contributed by atoms with Gasteiger partial charge in [0.1, 0.15) is 11.1 Å². The lowest BCUT2D eigenvalue weighted by molar-refractivity contribution is 0.0697. The summed E-state index contributed by atoms with van der Waals surface area (Å²) >= 11 is 6.11. The topological polar surface area (TPSA) is 77.2 Å². The molecular formula is C14H10ClN3O2. The number of pyridine rings is 1. The second-order valence-electron chi connectivity index (χ2n) is 4.02. The largest absolute Gasteiger partial charge is 0.478 e. The third kappa shape index (κ3) is 2.56. The fourth-order valence-corrected chi connectivity index (χ4v) is 1.98. The second kappa shape index (κ2) is 5.59. The van der Waals surface area contributed by atoms with E-state index in [1.165, 1.54) is 24.4 Å². The number of benzene rings is 1. The van der Waals surface area contributed by atoms with Crippen LogP contribution in [0.1, 0.15) is 15.9 Å². The number of aromatic nitrogens is 1. The van der Waals surface area contributed by atoms with E-state index in [4.69, 9.17) is 22.0 Å². The first kappa shape index (κ1) is 13.8. The first-order valence-electron chi connectivity index (χ1n) is 5.66. The lowest BCUT2D eigenvalue weighted by Gasteiger charge is -2.19. The summed E-state index contributed by atoms with van der Waals surface area (Å²) in [5.74, 6) is -0.546. The zero-order chi connectivity index (χ0) is 14.7. The smallest absolute Gasteiger partial charge is 0.335 e. The van der Waals surface area contributed by atoms with Gasteiger partial charge in [0, 0.05) is 18.9 Å². The van der Waals surface area contributed by atoms with Gasteiger partial charge in [0.05, 0.1) is 11.1 Å². The van der Waals surface area contributed by atoms with Crippen LogP contribution >= 0.6 is 11.6 Å². The van der Waals surface area contributed by atoms with Crippen LogP contribution in [-0.4, -0.2) is 23.1 Å². The lowest BCUT2D eigenvalue weighted by atomic mass is 10.2. The summed E-state index contributed by atoms with van der Waals surface area (Å²) in [5, 5.41) is 18.1. The summed E-state index contributed by atoms with van der Waals surface area (Å²) in [6.45, 7) is 0. The maximum absolute atomic E-state index is 10.8. The Labute approximate surface area is 120 Å². The SMILES string of the molecule is CN(c1ccc(C(=O)O)cc1)c1nccc(C#N)c1Cl. The fraction of sp³-hybridized carbons (Fsp3) is 0.0714. The van der Waals surface area contributed by atoms with E-state index in [0.29, 0.717) is 11.4 Å². The highest BCUT2D eigenvalue weighted by molar-refractivity contribution is 6.34. The lowest BCUT2D eigenvalue weighted by Crippen LogP contribution is -2.12. The molecule has 2 aromatic rings. The van der Waals surface area contributed by atoms with Crippen molar-refractivity contribution >= 4 is 29.1 Å². The van der Waals surface area contributed by atoms with E-state index in [1.54, 1.807) is 24.1 Å². The van der Waals surface area contributed by atoms with Crippen LogP contribution in [0, 0.1) is 11.3 Å². The van der Waals surface area contributed by atoms with Crippen LogP contribution < -0.4 is 4.90 Å². The minimum atomic E-state index is -0.984. The maximum Gasteiger partial charge on any atom is 0.335 e. The van der Waals surface area contributed by atoms with E-state index in [9.17, 15) is 4.79 Å². The van der Waals surface area contributed by atoms with Crippen molar-refractivity contribution in [2.45, 2.75) is 0 Å². The molecule has 20 heavy (non-hydrogen) atoms. The van der Waals surface area contributed by atoms with Gasteiger partial charge in [-0.3, -0.25) is 0 Å². The molecule has 0 aliphatic heterocycles. The van der Waals surface area contributed by atoms with Gasteiger partial charge in [0.15, 0.2) is 5.82 Å². The molecule has 0 unspecified atom stereocenters. The zero-order valence-electron chi connectivity index (χ0n) is 10.5. The molecule has 0 radical (unpaired) electrons. The van der Waals surface area contributed by atoms with E-state index in [1.807, 2.05) is 6.07 Å². The highest BCUT2D eigenvalue weighted by atomic mass is 35.5. The average molecular weight is 288 g/mol. The van der Waals surface area contributed by atoms with E-state index < -0.39 is 5.97 Å². The molecule has 2 rings (SSSR count). The highest BCUT2D eigenvalue weighted by Gasteiger charge is 2.13. The van der Waals surface area contributed by atoms with Crippen LogP contribution in [-0.2, 0) is 0 Å². The van der Waals surface area contributed by atoms with Gasteiger partial charge in [-0.2, -0.15) is 5.26 Å². The number of hydrogen-bond acceptors (Lipinski definition) is 4. The number of nitrogens with zero attached hydrogens (tertiary/aromatic N) is 3. The number of rotatable bonds is 3. The van der Waals surface area contributed by atoms with Crippen LogP contribution in [0.3, 0.4) is 0 Å². The monoisotopic (exact) mass is 287 g/mol. The van der Waals surface area contributed by atoms with Crippen molar-refractivity contribution < 1.29 is 9.90 Å². The number of carboxylic acid groups (broad SMARTS) is 1. The number of carboxylic acids is 1. The second-order valence-corrected chi connectivity index (χ2v) is 4.40. The van der Waals surface area contributed by atoms with Crippen molar-refractivity contribution in [3.63, 3.8) is 0 Å².